The number of carbonyl (C=O) groups is 1. The van der Waals surface area contributed by atoms with Crippen molar-refractivity contribution < 1.29 is 4.79 Å². The van der Waals surface area contributed by atoms with Gasteiger partial charge in [-0.1, -0.05) is 42.5 Å². The monoisotopic (exact) mass is 343 g/mol. The Morgan fingerprint density at radius 1 is 1.12 bits per heavy atom. The molecule has 0 atom stereocenters. The summed E-state index contributed by atoms with van der Waals surface area (Å²) in [6.45, 7) is 2.69. The Kier molecular flexibility index (Phi) is 5.19. The topological polar surface area (TPSA) is 71.8 Å². The van der Waals surface area contributed by atoms with Crippen molar-refractivity contribution in [2.24, 2.45) is 5.73 Å². The molecule has 0 radical (unpaired) electrons. The van der Waals surface area contributed by atoms with Crippen LogP contribution >= 0.6 is 0 Å². The number of hydrogen-bond donors (Lipinski definition) is 1. The first kappa shape index (κ1) is 17.5. The van der Waals surface area contributed by atoms with Gasteiger partial charge in [0.15, 0.2) is 0 Å². The van der Waals surface area contributed by atoms with Crippen LogP contribution in [-0.4, -0.2) is 10.5 Å². The van der Waals surface area contributed by atoms with E-state index in [1.165, 1.54) is 5.56 Å². The highest BCUT2D eigenvalue weighted by Gasteiger charge is 2.16. The van der Waals surface area contributed by atoms with Crippen LogP contribution < -0.4 is 5.73 Å². The van der Waals surface area contributed by atoms with E-state index in [4.69, 9.17) is 11.0 Å². The van der Waals surface area contributed by atoms with E-state index in [-0.39, 0.29) is 0 Å². The number of primary amides is 1. The third kappa shape index (κ3) is 3.68. The summed E-state index contributed by atoms with van der Waals surface area (Å²) >= 11 is 0. The summed E-state index contributed by atoms with van der Waals surface area (Å²) in [6.07, 6.45) is 1.91. The molecular weight excluding hydrogens is 322 g/mol. The van der Waals surface area contributed by atoms with Crippen LogP contribution in [0.25, 0.3) is 11.3 Å². The summed E-state index contributed by atoms with van der Waals surface area (Å²) in [6, 6.07) is 21.8. The van der Waals surface area contributed by atoms with E-state index in [0.29, 0.717) is 11.1 Å². The van der Waals surface area contributed by atoms with Crippen LogP contribution in [0.5, 0.6) is 0 Å². The Bertz CT molecular complexity index is 965. The Balaban J connectivity index is 1.92. The summed E-state index contributed by atoms with van der Waals surface area (Å²) in [7, 11) is 0. The lowest BCUT2D eigenvalue weighted by Crippen LogP contribution is -2.12. The molecule has 2 N–H and O–H groups in total. The van der Waals surface area contributed by atoms with Gasteiger partial charge in [0, 0.05) is 17.9 Å². The highest BCUT2D eigenvalue weighted by Crippen LogP contribution is 2.27. The van der Waals surface area contributed by atoms with Crippen molar-refractivity contribution in [3.05, 3.63) is 83.0 Å². The first-order valence-corrected chi connectivity index (χ1v) is 8.64. The Labute approximate surface area is 153 Å². The van der Waals surface area contributed by atoms with Crippen LogP contribution in [-0.2, 0) is 13.0 Å². The molecule has 0 unspecified atom stereocenters. The molecule has 0 aliphatic heterocycles. The third-order valence-corrected chi connectivity index (χ3v) is 4.61. The van der Waals surface area contributed by atoms with Crippen LogP contribution in [0.1, 0.15) is 33.6 Å². The maximum absolute atomic E-state index is 11.8. The second kappa shape index (κ2) is 7.71. The Morgan fingerprint density at radius 3 is 2.58 bits per heavy atom. The minimum Gasteiger partial charge on any atom is -0.366 e. The molecule has 2 aromatic carbocycles. The molecule has 0 aliphatic rings. The maximum atomic E-state index is 11.8. The molecule has 4 nitrogen and oxygen atoms in total. The first-order chi connectivity index (χ1) is 12.6. The Morgan fingerprint density at radius 2 is 1.88 bits per heavy atom. The van der Waals surface area contributed by atoms with Gasteiger partial charge in [0.25, 0.3) is 5.91 Å². The van der Waals surface area contributed by atoms with Crippen molar-refractivity contribution in [2.75, 3.05) is 0 Å². The lowest BCUT2D eigenvalue weighted by molar-refractivity contribution is 0.0999. The van der Waals surface area contributed by atoms with Crippen molar-refractivity contribution in [2.45, 2.75) is 26.3 Å². The fourth-order valence-electron chi connectivity index (χ4n) is 3.26. The number of aromatic nitrogens is 1. The molecule has 1 heterocycles. The standard InChI is InChI=1S/C22H21N3O/c1-16-20(22(24)26)14-21(19-11-5-9-18(13-19)15-23)25(16)12-6-10-17-7-3-2-4-8-17/h2-5,7-9,11,13-14H,6,10,12H2,1H3,(H2,24,26). The number of amides is 1. The van der Waals surface area contributed by atoms with Crippen LogP contribution in [0.3, 0.4) is 0 Å². The van der Waals surface area contributed by atoms with Crippen LogP contribution in [0.15, 0.2) is 60.7 Å². The number of carbonyl (C=O) groups excluding carboxylic acids is 1. The second-order valence-electron chi connectivity index (χ2n) is 6.33. The minimum atomic E-state index is -0.429. The molecule has 0 fully saturated rings. The largest absolute Gasteiger partial charge is 0.366 e. The average Bonchev–Trinajstić information content (AvgIpc) is 2.99. The van der Waals surface area contributed by atoms with Gasteiger partial charge in [-0.2, -0.15) is 5.26 Å². The molecule has 1 aromatic heterocycles. The van der Waals surface area contributed by atoms with Gasteiger partial charge in [-0.05, 0) is 49.1 Å². The van der Waals surface area contributed by atoms with E-state index in [2.05, 4.69) is 22.8 Å². The zero-order valence-electron chi connectivity index (χ0n) is 14.8. The van der Waals surface area contributed by atoms with E-state index in [1.807, 2.05) is 49.4 Å². The minimum absolute atomic E-state index is 0.429. The van der Waals surface area contributed by atoms with Gasteiger partial charge < -0.3 is 10.3 Å². The highest BCUT2D eigenvalue weighted by molar-refractivity contribution is 5.95. The van der Waals surface area contributed by atoms with Gasteiger partial charge in [0.1, 0.15) is 0 Å². The SMILES string of the molecule is Cc1c(C(N)=O)cc(-c2cccc(C#N)c2)n1CCCc1ccccc1. The zero-order chi connectivity index (χ0) is 18.5. The highest BCUT2D eigenvalue weighted by atomic mass is 16.1. The van der Waals surface area contributed by atoms with Crippen molar-refractivity contribution in [3.8, 4) is 17.3 Å². The number of nitrogens with two attached hydrogens (primary N) is 1. The molecule has 26 heavy (non-hydrogen) atoms. The van der Waals surface area contributed by atoms with Crippen molar-refractivity contribution in [3.63, 3.8) is 0 Å². The molecule has 0 aliphatic carbocycles. The van der Waals surface area contributed by atoms with E-state index >= 15 is 0 Å². The molecule has 0 saturated carbocycles. The zero-order valence-corrected chi connectivity index (χ0v) is 14.8. The molecule has 130 valence electrons. The molecule has 1 amide bonds. The quantitative estimate of drug-likeness (QED) is 0.733. The van der Waals surface area contributed by atoms with E-state index in [0.717, 1.165) is 36.3 Å². The number of nitriles is 1. The van der Waals surface area contributed by atoms with E-state index in [9.17, 15) is 4.79 Å². The van der Waals surface area contributed by atoms with Crippen molar-refractivity contribution in [1.29, 1.82) is 5.26 Å². The van der Waals surface area contributed by atoms with Crippen molar-refractivity contribution >= 4 is 5.91 Å². The molecule has 4 heteroatoms. The van der Waals surface area contributed by atoms with Crippen LogP contribution in [0.2, 0.25) is 0 Å². The second-order valence-corrected chi connectivity index (χ2v) is 6.33. The van der Waals surface area contributed by atoms with Gasteiger partial charge in [-0.15, -0.1) is 0 Å². The summed E-state index contributed by atoms with van der Waals surface area (Å²) < 4.78 is 2.12. The Hall–Kier alpha value is -3.32. The number of hydrogen-bond acceptors (Lipinski definition) is 2. The van der Waals surface area contributed by atoms with Crippen LogP contribution in [0.4, 0.5) is 0 Å². The molecule has 0 saturated heterocycles. The number of aryl methyl sites for hydroxylation is 1. The maximum Gasteiger partial charge on any atom is 0.250 e. The van der Waals surface area contributed by atoms with E-state index < -0.39 is 5.91 Å². The predicted octanol–water partition coefficient (Wildman–Crippen LogP) is 4.07. The van der Waals surface area contributed by atoms with Gasteiger partial charge in [-0.3, -0.25) is 4.79 Å². The van der Waals surface area contributed by atoms with E-state index in [1.54, 1.807) is 6.07 Å². The fourth-order valence-corrected chi connectivity index (χ4v) is 3.26. The molecule has 3 rings (SSSR count). The summed E-state index contributed by atoms with van der Waals surface area (Å²) in [5, 5.41) is 9.16. The third-order valence-electron chi connectivity index (χ3n) is 4.61. The fraction of sp³-hybridized carbons (Fsp3) is 0.182. The normalized spacial score (nSPS) is 10.5. The lowest BCUT2D eigenvalue weighted by atomic mass is 10.1. The van der Waals surface area contributed by atoms with Crippen molar-refractivity contribution in [1.82, 2.24) is 4.57 Å². The number of rotatable bonds is 6. The average molecular weight is 343 g/mol. The summed E-state index contributed by atoms with van der Waals surface area (Å²) in [5.41, 5.74) is 10.7. The molecule has 3 aromatic rings. The lowest BCUT2D eigenvalue weighted by Gasteiger charge is -2.12. The van der Waals surface area contributed by atoms with Gasteiger partial charge in [0.05, 0.1) is 17.2 Å². The molecule has 0 spiro atoms. The predicted molar refractivity (Wildman–Crippen MR) is 103 cm³/mol. The first-order valence-electron chi connectivity index (χ1n) is 8.64. The smallest absolute Gasteiger partial charge is 0.250 e. The van der Waals surface area contributed by atoms with Gasteiger partial charge in [-0.25, -0.2) is 0 Å². The molecular formula is C22H21N3O. The van der Waals surface area contributed by atoms with Gasteiger partial charge in [0.2, 0.25) is 0 Å². The molecule has 0 bridgehead atoms. The number of benzene rings is 2. The van der Waals surface area contributed by atoms with Gasteiger partial charge >= 0.3 is 0 Å². The number of nitrogens with zero attached hydrogens (tertiary/aromatic N) is 2. The van der Waals surface area contributed by atoms with Crippen LogP contribution in [0, 0.1) is 18.3 Å². The summed E-state index contributed by atoms with van der Waals surface area (Å²) in [5.74, 6) is -0.429. The summed E-state index contributed by atoms with van der Waals surface area (Å²) in [4.78, 5) is 11.8.